The Morgan fingerprint density at radius 1 is 1.89 bits per heavy atom. The second kappa shape index (κ2) is 2.03. The van der Waals surface area contributed by atoms with Gasteiger partial charge in [0.2, 0.25) is 0 Å². The molecule has 0 aromatic rings. The smallest absolute Gasteiger partial charge is 0.118 e. The molecule has 0 bridgehead atoms. The Morgan fingerprint density at radius 3 is 2.78 bits per heavy atom. The number of hydrazone groups is 1. The summed E-state index contributed by atoms with van der Waals surface area (Å²) in [5, 5.41) is 13.8. The van der Waals surface area contributed by atoms with Gasteiger partial charge in [-0.2, -0.15) is 10.4 Å². The second-order valence-corrected chi connectivity index (χ2v) is 1.98. The maximum atomic E-state index is 8.41. The molecule has 0 aromatic heterocycles. The van der Waals surface area contributed by atoms with Crippen LogP contribution in [-0.2, 0) is 0 Å². The first-order valence-electron chi connectivity index (χ1n) is 2.68. The fourth-order valence-corrected chi connectivity index (χ4v) is 0.684. The third-order valence-corrected chi connectivity index (χ3v) is 1.36. The molecule has 0 amide bonds. The quantitative estimate of drug-likeness (QED) is 0.466. The second-order valence-electron chi connectivity index (χ2n) is 1.98. The lowest BCUT2D eigenvalue weighted by Crippen LogP contribution is -2.37. The molecule has 0 saturated heterocycles. The van der Waals surface area contributed by atoms with Crippen LogP contribution in [0.25, 0.3) is 0 Å². The predicted octanol–water partition coefficient (Wildman–Crippen LogP) is -0.658. The molecular weight excluding hydrogens is 116 g/mol. The first kappa shape index (κ1) is 6.05. The molecule has 4 nitrogen and oxygen atoms in total. The Hall–Kier alpha value is -1.08. The van der Waals surface area contributed by atoms with Crippen molar-refractivity contribution in [2.45, 2.75) is 6.17 Å². The van der Waals surface area contributed by atoms with E-state index < -0.39 is 0 Å². The molecule has 2 atom stereocenters. The van der Waals surface area contributed by atoms with Crippen molar-refractivity contribution < 1.29 is 0 Å². The number of nitrogens with two attached hydrogens (primary N) is 1. The molecule has 0 aliphatic carbocycles. The van der Waals surface area contributed by atoms with Gasteiger partial charge in [-0.1, -0.05) is 0 Å². The summed E-state index contributed by atoms with van der Waals surface area (Å²) in [5.41, 5.74) is 5.51. The molecule has 0 spiro atoms. The van der Waals surface area contributed by atoms with Gasteiger partial charge in [0.1, 0.15) is 12.1 Å². The predicted molar refractivity (Wildman–Crippen MR) is 33.3 cm³/mol. The molecular formula is C5H8N4. The number of hydrogen-bond acceptors (Lipinski definition) is 4. The lowest BCUT2D eigenvalue weighted by molar-refractivity contribution is 0.271. The van der Waals surface area contributed by atoms with E-state index >= 15 is 0 Å². The highest BCUT2D eigenvalue weighted by Gasteiger charge is 2.23. The van der Waals surface area contributed by atoms with Crippen LogP contribution in [0.3, 0.4) is 0 Å². The van der Waals surface area contributed by atoms with Crippen molar-refractivity contribution in [3.05, 3.63) is 0 Å². The first-order valence-corrected chi connectivity index (χ1v) is 2.68. The molecule has 48 valence electrons. The number of hydrogen-bond donors (Lipinski definition) is 1. The van der Waals surface area contributed by atoms with Crippen LogP contribution in [0.2, 0.25) is 0 Å². The molecule has 0 saturated carbocycles. The van der Waals surface area contributed by atoms with Crippen molar-refractivity contribution in [1.29, 1.82) is 5.26 Å². The summed E-state index contributed by atoms with van der Waals surface area (Å²) < 4.78 is 0. The van der Waals surface area contributed by atoms with Crippen LogP contribution < -0.4 is 5.73 Å². The minimum atomic E-state index is -0.255. The Labute approximate surface area is 53.6 Å². The van der Waals surface area contributed by atoms with E-state index in [1.165, 1.54) is 0 Å². The zero-order chi connectivity index (χ0) is 6.85. The van der Waals surface area contributed by atoms with Crippen LogP contribution >= 0.6 is 0 Å². The average molecular weight is 124 g/mol. The van der Waals surface area contributed by atoms with Gasteiger partial charge in [-0.3, -0.25) is 5.01 Å². The SMILES string of the molecule is CN1N=CC(C#N)C1N. The molecule has 0 radical (unpaired) electrons. The van der Waals surface area contributed by atoms with Crippen molar-refractivity contribution in [1.82, 2.24) is 5.01 Å². The van der Waals surface area contributed by atoms with Gasteiger partial charge in [0.05, 0.1) is 6.07 Å². The highest BCUT2D eigenvalue weighted by atomic mass is 15.5. The number of rotatable bonds is 0. The minimum absolute atomic E-state index is 0.241. The fraction of sp³-hybridized carbons (Fsp3) is 0.600. The van der Waals surface area contributed by atoms with E-state index in [1.807, 2.05) is 6.07 Å². The molecule has 2 N–H and O–H groups in total. The van der Waals surface area contributed by atoms with E-state index in [0.29, 0.717) is 0 Å². The molecule has 1 aliphatic heterocycles. The molecule has 9 heavy (non-hydrogen) atoms. The summed E-state index contributed by atoms with van der Waals surface area (Å²) in [7, 11) is 1.75. The molecule has 1 rings (SSSR count). The molecule has 2 unspecified atom stereocenters. The van der Waals surface area contributed by atoms with Crippen LogP contribution in [0.15, 0.2) is 5.10 Å². The summed E-state index contributed by atoms with van der Waals surface area (Å²) >= 11 is 0. The largest absolute Gasteiger partial charge is 0.309 e. The molecule has 1 aliphatic rings. The highest BCUT2D eigenvalue weighted by molar-refractivity contribution is 5.66. The standard InChI is InChI=1S/C5H8N4/c1-9-5(7)4(2-6)3-8-9/h3-5H,7H2,1H3. The summed E-state index contributed by atoms with van der Waals surface area (Å²) in [6.07, 6.45) is 1.31. The van der Waals surface area contributed by atoms with E-state index in [-0.39, 0.29) is 12.1 Å². The topological polar surface area (TPSA) is 65.4 Å². The van der Waals surface area contributed by atoms with Gasteiger partial charge in [0, 0.05) is 13.3 Å². The van der Waals surface area contributed by atoms with E-state index in [2.05, 4.69) is 5.10 Å². The maximum absolute atomic E-state index is 8.41. The van der Waals surface area contributed by atoms with Gasteiger partial charge in [-0.15, -0.1) is 0 Å². The van der Waals surface area contributed by atoms with Gasteiger partial charge in [-0.05, 0) is 0 Å². The fourth-order valence-electron chi connectivity index (χ4n) is 0.684. The van der Waals surface area contributed by atoms with Gasteiger partial charge >= 0.3 is 0 Å². The Bertz CT molecular complexity index is 168. The van der Waals surface area contributed by atoms with E-state index in [0.717, 1.165) is 0 Å². The number of nitriles is 1. The van der Waals surface area contributed by atoms with Crippen LogP contribution in [0, 0.1) is 17.2 Å². The van der Waals surface area contributed by atoms with E-state index in [9.17, 15) is 0 Å². The zero-order valence-electron chi connectivity index (χ0n) is 5.15. The molecule has 0 aromatic carbocycles. The van der Waals surface area contributed by atoms with Crippen LogP contribution in [0.4, 0.5) is 0 Å². The summed E-state index contributed by atoms with van der Waals surface area (Å²) in [5.74, 6) is -0.241. The Morgan fingerprint density at radius 2 is 2.56 bits per heavy atom. The third-order valence-electron chi connectivity index (χ3n) is 1.36. The minimum Gasteiger partial charge on any atom is -0.309 e. The van der Waals surface area contributed by atoms with Gasteiger partial charge < -0.3 is 5.73 Å². The normalized spacial score (nSPS) is 32.8. The van der Waals surface area contributed by atoms with Crippen molar-refractivity contribution >= 4 is 6.21 Å². The summed E-state index contributed by atoms with van der Waals surface area (Å²) in [4.78, 5) is 0. The van der Waals surface area contributed by atoms with Crippen molar-refractivity contribution in [2.24, 2.45) is 16.8 Å². The highest BCUT2D eigenvalue weighted by Crippen LogP contribution is 2.08. The number of nitrogens with zero attached hydrogens (tertiary/aromatic N) is 3. The van der Waals surface area contributed by atoms with Crippen LogP contribution in [-0.4, -0.2) is 24.4 Å². The summed E-state index contributed by atoms with van der Waals surface area (Å²) in [6.45, 7) is 0. The maximum Gasteiger partial charge on any atom is 0.118 e. The molecule has 4 heteroatoms. The van der Waals surface area contributed by atoms with Crippen molar-refractivity contribution in [3.63, 3.8) is 0 Å². The zero-order valence-corrected chi connectivity index (χ0v) is 5.15. The Kier molecular flexibility index (Phi) is 1.37. The lowest BCUT2D eigenvalue weighted by atomic mass is 10.1. The van der Waals surface area contributed by atoms with Gasteiger partial charge in [0.25, 0.3) is 0 Å². The Balaban J connectivity index is 2.65. The molecule has 0 fully saturated rings. The van der Waals surface area contributed by atoms with Crippen LogP contribution in [0.5, 0.6) is 0 Å². The molecule has 1 heterocycles. The van der Waals surface area contributed by atoms with Gasteiger partial charge in [0.15, 0.2) is 0 Å². The average Bonchev–Trinajstić information content (AvgIpc) is 2.15. The lowest BCUT2D eigenvalue weighted by Gasteiger charge is -2.14. The van der Waals surface area contributed by atoms with Crippen molar-refractivity contribution in [3.8, 4) is 6.07 Å². The van der Waals surface area contributed by atoms with Crippen LogP contribution in [0.1, 0.15) is 0 Å². The monoisotopic (exact) mass is 124 g/mol. The third kappa shape index (κ3) is 0.864. The first-order chi connectivity index (χ1) is 4.25. The van der Waals surface area contributed by atoms with E-state index in [1.54, 1.807) is 18.3 Å². The summed E-state index contributed by atoms with van der Waals surface area (Å²) in [6, 6.07) is 2.03. The van der Waals surface area contributed by atoms with Gasteiger partial charge in [-0.25, -0.2) is 0 Å². The van der Waals surface area contributed by atoms with E-state index in [4.69, 9.17) is 11.0 Å². The van der Waals surface area contributed by atoms with Crippen molar-refractivity contribution in [2.75, 3.05) is 7.05 Å².